The summed E-state index contributed by atoms with van der Waals surface area (Å²) in [5.74, 6) is 1.12. The van der Waals surface area contributed by atoms with Crippen LogP contribution in [0.4, 0.5) is 0 Å². The zero-order valence-corrected chi connectivity index (χ0v) is 17.0. The van der Waals surface area contributed by atoms with Crippen LogP contribution in [0, 0.1) is 5.92 Å². The molecule has 0 amide bonds. The molecule has 0 aromatic rings. The molecule has 2 heterocycles. The highest BCUT2D eigenvalue weighted by molar-refractivity contribution is 14.0. The van der Waals surface area contributed by atoms with Gasteiger partial charge in [0.1, 0.15) is 0 Å². The van der Waals surface area contributed by atoms with Gasteiger partial charge in [-0.25, -0.2) is 12.7 Å². The second kappa shape index (κ2) is 9.97. The van der Waals surface area contributed by atoms with E-state index >= 15 is 0 Å². The Hall–Kier alpha value is -0.170. The summed E-state index contributed by atoms with van der Waals surface area (Å²) in [5.41, 5.74) is 0. The van der Waals surface area contributed by atoms with Gasteiger partial charge in [-0.2, -0.15) is 0 Å². The molecular formula is C13H28IN5O3S. The van der Waals surface area contributed by atoms with E-state index in [2.05, 4.69) is 20.5 Å². The summed E-state index contributed by atoms with van der Waals surface area (Å²) in [6.45, 7) is 7.32. The SMILES string of the molecule is CN=C(NCCN1CCOCC1)NCC1CN(S(C)(=O)=O)C1.I. The zero-order valence-electron chi connectivity index (χ0n) is 13.8. The van der Waals surface area contributed by atoms with Gasteiger partial charge in [-0.15, -0.1) is 24.0 Å². The predicted octanol–water partition coefficient (Wildman–Crippen LogP) is -1.01. The van der Waals surface area contributed by atoms with Crippen LogP contribution in [0.25, 0.3) is 0 Å². The predicted molar refractivity (Wildman–Crippen MR) is 102 cm³/mol. The van der Waals surface area contributed by atoms with Crippen molar-refractivity contribution in [1.29, 1.82) is 0 Å². The van der Waals surface area contributed by atoms with Gasteiger partial charge in [-0.1, -0.05) is 0 Å². The van der Waals surface area contributed by atoms with Crippen LogP contribution in [0.5, 0.6) is 0 Å². The molecule has 2 N–H and O–H groups in total. The smallest absolute Gasteiger partial charge is 0.211 e. The van der Waals surface area contributed by atoms with Crippen molar-refractivity contribution >= 4 is 40.0 Å². The van der Waals surface area contributed by atoms with Gasteiger partial charge < -0.3 is 15.4 Å². The number of hydrogen-bond donors (Lipinski definition) is 2. The van der Waals surface area contributed by atoms with Crippen LogP contribution in [0.3, 0.4) is 0 Å². The van der Waals surface area contributed by atoms with Gasteiger partial charge in [-0.3, -0.25) is 9.89 Å². The fraction of sp³-hybridized carbons (Fsp3) is 0.923. The molecule has 0 bridgehead atoms. The standard InChI is InChI=1S/C13H27N5O3S.HI/c1-14-13(15-3-4-17-5-7-21-8-6-17)16-9-12-10-18(11-12)22(2,19)20;/h12H,3-11H2,1-2H3,(H2,14,15,16);1H. The van der Waals surface area contributed by atoms with E-state index < -0.39 is 10.0 Å². The van der Waals surface area contributed by atoms with Crippen LogP contribution in [0.15, 0.2) is 4.99 Å². The third kappa shape index (κ3) is 7.08. The molecule has 23 heavy (non-hydrogen) atoms. The Balaban J connectivity index is 0.00000264. The van der Waals surface area contributed by atoms with Crippen molar-refractivity contribution in [2.24, 2.45) is 10.9 Å². The molecule has 2 aliphatic rings. The summed E-state index contributed by atoms with van der Waals surface area (Å²) >= 11 is 0. The Morgan fingerprint density at radius 1 is 1.26 bits per heavy atom. The molecule has 0 aromatic heterocycles. The molecule has 0 saturated carbocycles. The van der Waals surface area contributed by atoms with Crippen LogP contribution < -0.4 is 10.6 Å². The van der Waals surface area contributed by atoms with Crippen molar-refractivity contribution in [2.45, 2.75) is 0 Å². The Morgan fingerprint density at radius 3 is 2.48 bits per heavy atom. The molecule has 0 radical (unpaired) electrons. The van der Waals surface area contributed by atoms with Gasteiger partial charge in [0, 0.05) is 58.8 Å². The summed E-state index contributed by atoms with van der Waals surface area (Å²) in [4.78, 5) is 6.55. The maximum absolute atomic E-state index is 11.3. The summed E-state index contributed by atoms with van der Waals surface area (Å²) in [5, 5.41) is 6.54. The minimum Gasteiger partial charge on any atom is -0.379 e. The van der Waals surface area contributed by atoms with Gasteiger partial charge in [0.25, 0.3) is 0 Å². The van der Waals surface area contributed by atoms with E-state index in [0.717, 1.165) is 51.9 Å². The lowest BCUT2D eigenvalue weighted by Crippen LogP contribution is -2.54. The van der Waals surface area contributed by atoms with Gasteiger partial charge in [-0.05, 0) is 0 Å². The van der Waals surface area contributed by atoms with Crippen molar-refractivity contribution in [1.82, 2.24) is 19.8 Å². The number of rotatable bonds is 6. The number of halogens is 1. The third-order valence-corrected chi connectivity index (χ3v) is 5.23. The molecule has 2 saturated heterocycles. The Morgan fingerprint density at radius 2 is 1.91 bits per heavy atom. The third-order valence-electron chi connectivity index (χ3n) is 4.00. The van der Waals surface area contributed by atoms with E-state index in [1.54, 1.807) is 7.05 Å². The Kier molecular flexibility index (Phi) is 9.04. The number of aliphatic imine (C=N–C) groups is 1. The van der Waals surface area contributed by atoms with Crippen LogP contribution >= 0.6 is 24.0 Å². The van der Waals surface area contributed by atoms with E-state index in [4.69, 9.17) is 4.74 Å². The summed E-state index contributed by atoms with van der Waals surface area (Å²) in [6, 6.07) is 0. The molecule has 8 nitrogen and oxygen atoms in total. The molecule has 136 valence electrons. The number of morpholine rings is 1. The average Bonchev–Trinajstić information content (AvgIpc) is 2.43. The van der Waals surface area contributed by atoms with Gasteiger partial charge >= 0.3 is 0 Å². The largest absolute Gasteiger partial charge is 0.379 e. The van der Waals surface area contributed by atoms with Crippen LogP contribution in [0.2, 0.25) is 0 Å². The second-order valence-electron chi connectivity index (χ2n) is 5.78. The second-order valence-corrected chi connectivity index (χ2v) is 7.76. The van der Waals surface area contributed by atoms with Crippen molar-refractivity contribution in [3.8, 4) is 0 Å². The van der Waals surface area contributed by atoms with E-state index in [-0.39, 0.29) is 24.0 Å². The highest BCUT2D eigenvalue weighted by atomic mass is 127. The topological polar surface area (TPSA) is 86.3 Å². The maximum Gasteiger partial charge on any atom is 0.211 e. The summed E-state index contributed by atoms with van der Waals surface area (Å²) in [7, 11) is -1.28. The van der Waals surface area contributed by atoms with Crippen molar-refractivity contribution in [2.75, 3.05) is 72.3 Å². The quantitative estimate of drug-likeness (QED) is 0.300. The molecule has 2 aliphatic heterocycles. The van der Waals surface area contributed by atoms with Crippen LogP contribution in [-0.2, 0) is 14.8 Å². The molecule has 0 atom stereocenters. The summed E-state index contributed by atoms with van der Waals surface area (Å²) in [6.07, 6.45) is 1.25. The molecule has 0 spiro atoms. The highest BCUT2D eigenvalue weighted by Crippen LogP contribution is 2.17. The zero-order chi connectivity index (χ0) is 16.0. The molecule has 2 rings (SSSR count). The normalized spacial score (nSPS) is 21.4. The van der Waals surface area contributed by atoms with Crippen molar-refractivity contribution in [3.63, 3.8) is 0 Å². The van der Waals surface area contributed by atoms with E-state index in [0.29, 0.717) is 19.0 Å². The first-order valence-electron chi connectivity index (χ1n) is 7.69. The minimum atomic E-state index is -3.03. The molecule has 10 heteroatoms. The van der Waals surface area contributed by atoms with Gasteiger partial charge in [0.15, 0.2) is 5.96 Å². The number of nitrogens with zero attached hydrogens (tertiary/aromatic N) is 3. The van der Waals surface area contributed by atoms with Crippen molar-refractivity contribution in [3.05, 3.63) is 0 Å². The first kappa shape index (κ1) is 20.9. The van der Waals surface area contributed by atoms with E-state index in [1.807, 2.05) is 0 Å². The first-order valence-corrected chi connectivity index (χ1v) is 9.53. The number of nitrogens with one attached hydrogen (secondary N) is 2. The van der Waals surface area contributed by atoms with Crippen molar-refractivity contribution < 1.29 is 13.2 Å². The number of guanidine groups is 1. The lowest BCUT2D eigenvalue weighted by Gasteiger charge is -2.37. The van der Waals surface area contributed by atoms with Gasteiger partial charge in [0.2, 0.25) is 10.0 Å². The summed E-state index contributed by atoms with van der Waals surface area (Å²) < 4.78 is 29.4. The number of ether oxygens (including phenoxy) is 1. The fourth-order valence-electron chi connectivity index (χ4n) is 2.54. The lowest BCUT2D eigenvalue weighted by molar-refractivity contribution is 0.0389. The maximum atomic E-state index is 11.3. The Bertz CT molecular complexity index is 476. The minimum absolute atomic E-state index is 0. The van der Waals surface area contributed by atoms with Gasteiger partial charge in [0.05, 0.1) is 19.5 Å². The first-order chi connectivity index (χ1) is 10.5. The molecule has 0 aliphatic carbocycles. The monoisotopic (exact) mass is 461 g/mol. The van der Waals surface area contributed by atoms with Crippen LogP contribution in [0.1, 0.15) is 0 Å². The fourth-order valence-corrected chi connectivity index (χ4v) is 3.50. The van der Waals surface area contributed by atoms with E-state index in [1.165, 1.54) is 10.6 Å². The number of hydrogen-bond acceptors (Lipinski definition) is 5. The number of sulfonamides is 1. The Labute approximate surface area is 156 Å². The average molecular weight is 461 g/mol. The molecule has 2 fully saturated rings. The lowest BCUT2D eigenvalue weighted by atomic mass is 10.0. The molecule has 0 aromatic carbocycles. The molecule has 0 unspecified atom stereocenters. The van der Waals surface area contributed by atoms with E-state index in [9.17, 15) is 8.42 Å². The van der Waals surface area contributed by atoms with Crippen LogP contribution in [-0.4, -0.2) is 95.9 Å². The highest BCUT2D eigenvalue weighted by Gasteiger charge is 2.32. The molecular weight excluding hydrogens is 433 g/mol.